The Balaban J connectivity index is 2.10. The molecule has 3 rings (SSSR count). The van der Waals surface area contributed by atoms with Crippen LogP contribution < -0.4 is 0 Å². The number of imidazole rings is 1. The highest BCUT2D eigenvalue weighted by atomic mass is 16.3. The van der Waals surface area contributed by atoms with Crippen LogP contribution in [-0.4, -0.2) is 21.2 Å². The van der Waals surface area contributed by atoms with Gasteiger partial charge in [0.25, 0.3) is 0 Å². The average molecular weight is 200 g/mol. The molecule has 0 spiro atoms. The van der Waals surface area contributed by atoms with Gasteiger partial charge < -0.3 is 10.1 Å². The number of aromatic nitrogens is 2. The third-order valence-electron chi connectivity index (χ3n) is 3.04. The molecule has 0 radical (unpaired) electrons. The van der Waals surface area contributed by atoms with E-state index < -0.39 is 0 Å². The third-order valence-corrected chi connectivity index (χ3v) is 3.04. The smallest absolute Gasteiger partial charge is 0.0923 e. The van der Waals surface area contributed by atoms with Crippen molar-refractivity contribution in [2.24, 2.45) is 0 Å². The summed E-state index contributed by atoms with van der Waals surface area (Å²) in [6.07, 6.45) is 3.90. The molecule has 0 saturated heterocycles. The molecule has 2 unspecified atom stereocenters. The highest BCUT2D eigenvalue weighted by Gasteiger charge is 2.32. The molecule has 15 heavy (non-hydrogen) atoms. The minimum absolute atomic E-state index is 0.0347. The number of fused-ring (bicyclic) bond motifs is 1. The van der Waals surface area contributed by atoms with Crippen LogP contribution in [0.5, 0.6) is 0 Å². The number of nitrogens with zero attached hydrogens (tertiary/aromatic N) is 1. The van der Waals surface area contributed by atoms with Crippen LogP contribution in [0.1, 0.15) is 22.7 Å². The van der Waals surface area contributed by atoms with E-state index in [2.05, 4.69) is 22.1 Å². The summed E-state index contributed by atoms with van der Waals surface area (Å²) in [6.45, 7) is 0. The maximum Gasteiger partial charge on any atom is 0.0923 e. The van der Waals surface area contributed by atoms with Crippen molar-refractivity contribution in [1.29, 1.82) is 0 Å². The van der Waals surface area contributed by atoms with E-state index >= 15 is 0 Å². The first-order valence-corrected chi connectivity index (χ1v) is 5.11. The largest absolute Gasteiger partial charge is 0.392 e. The number of hydrogen-bond acceptors (Lipinski definition) is 2. The van der Waals surface area contributed by atoms with Crippen LogP contribution in [0.25, 0.3) is 0 Å². The molecule has 1 aromatic carbocycles. The van der Waals surface area contributed by atoms with Crippen LogP contribution in [0.4, 0.5) is 0 Å². The lowest BCUT2D eigenvalue weighted by Crippen LogP contribution is -2.14. The molecular weight excluding hydrogens is 188 g/mol. The van der Waals surface area contributed by atoms with Crippen molar-refractivity contribution in [3.8, 4) is 0 Å². The third kappa shape index (κ3) is 1.27. The highest BCUT2D eigenvalue weighted by Crippen LogP contribution is 2.36. The Morgan fingerprint density at radius 3 is 3.00 bits per heavy atom. The van der Waals surface area contributed by atoms with Gasteiger partial charge in [-0.3, -0.25) is 0 Å². The molecule has 1 aliphatic rings. The number of H-pyrrole nitrogens is 1. The second kappa shape index (κ2) is 3.21. The molecule has 2 atom stereocenters. The molecule has 0 amide bonds. The van der Waals surface area contributed by atoms with E-state index in [-0.39, 0.29) is 12.0 Å². The Labute approximate surface area is 87.8 Å². The lowest BCUT2D eigenvalue weighted by molar-refractivity contribution is 0.168. The molecule has 1 heterocycles. The summed E-state index contributed by atoms with van der Waals surface area (Å²) >= 11 is 0. The minimum atomic E-state index is -0.342. The summed E-state index contributed by atoms with van der Waals surface area (Å²) < 4.78 is 0. The van der Waals surface area contributed by atoms with E-state index in [0.717, 1.165) is 12.1 Å². The van der Waals surface area contributed by atoms with Gasteiger partial charge >= 0.3 is 0 Å². The second-order valence-corrected chi connectivity index (χ2v) is 3.94. The molecule has 76 valence electrons. The number of nitrogens with one attached hydrogen (secondary N) is 1. The van der Waals surface area contributed by atoms with Crippen LogP contribution in [0.15, 0.2) is 36.8 Å². The van der Waals surface area contributed by atoms with Crippen LogP contribution in [-0.2, 0) is 6.42 Å². The number of benzene rings is 1. The average Bonchev–Trinajstić information content (AvgIpc) is 2.82. The molecule has 0 fully saturated rings. The van der Waals surface area contributed by atoms with Crippen molar-refractivity contribution in [1.82, 2.24) is 9.97 Å². The Bertz CT molecular complexity index is 464. The predicted octanol–water partition coefficient (Wildman–Crippen LogP) is 1.46. The molecule has 0 bridgehead atoms. The number of aromatic amines is 1. The normalized spacial score (nSPS) is 24.1. The first-order valence-electron chi connectivity index (χ1n) is 5.11. The van der Waals surface area contributed by atoms with Gasteiger partial charge in [-0.1, -0.05) is 24.3 Å². The van der Waals surface area contributed by atoms with Gasteiger partial charge in [0, 0.05) is 6.20 Å². The van der Waals surface area contributed by atoms with Crippen molar-refractivity contribution in [3.05, 3.63) is 53.6 Å². The lowest BCUT2D eigenvalue weighted by Gasteiger charge is -2.12. The predicted molar refractivity (Wildman–Crippen MR) is 56.6 cm³/mol. The lowest BCUT2D eigenvalue weighted by atomic mass is 9.97. The van der Waals surface area contributed by atoms with Crippen LogP contribution in [0.2, 0.25) is 0 Å². The second-order valence-electron chi connectivity index (χ2n) is 3.94. The van der Waals surface area contributed by atoms with Crippen molar-refractivity contribution in [3.63, 3.8) is 0 Å². The van der Waals surface area contributed by atoms with Gasteiger partial charge in [-0.05, 0) is 17.5 Å². The Hall–Kier alpha value is -1.61. The summed E-state index contributed by atoms with van der Waals surface area (Å²) in [5.74, 6) is 0.0347. The Kier molecular flexibility index (Phi) is 1.86. The topological polar surface area (TPSA) is 48.9 Å². The molecule has 2 aromatic rings. The van der Waals surface area contributed by atoms with Crippen molar-refractivity contribution in [2.75, 3.05) is 0 Å². The van der Waals surface area contributed by atoms with Gasteiger partial charge in [-0.15, -0.1) is 0 Å². The number of aliphatic hydroxyl groups excluding tert-OH is 1. The molecule has 0 aliphatic heterocycles. The van der Waals surface area contributed by atoms with Gasteiger partial charge in [0.15, 0.2) is 0 Å². The zero-order chi connectivity index (χ0) is 10.3. The van der Waals surface area contributed by atoms with Crippen molar-refractivity contribution < 1.29 is 5.11 Å². The number of aliphatic hydroxyl groups is 1. The molecule has 3 heteroatoms. The zero-order valence-electron chi connectivity index (χ0n) is 8.22. The maximum atomic E-state index is 10.0. The zero-order valence-corrected chi connectivity index (χ0v) is 8.22. The van der Waals surface area contributed by atoms with E-state index in [4.69, 9.17) is 0 Å². The fourth-order valence-corrected chi connectivity index (χ4v) is 2.37. The van der Waals surface area contributed by atoms with Gasteiger partial charge in [0.2, 0.25) is 0 Å². The monoisotopic (exact) mass is 200 g/mol. The van der Waals surface area contributed by atoms with E-state index in [1.54, 1.807) is 6.33 Å². The van der Waals surface area contributed by atoms with Crippen LogP contribution in [0, 0.1) is 0 Å². The summed E-state index contributed by atoms with van der Waals surface area (Å²) in [4.78, 5) is 7.17. The van der Waals surface area contributed by atoms with Crippen molar-refractivity contribution >= 4 is 0 Å². The maximum absolute atomic E-state index is 10.0. The van der Waals surface area contributed by atoms with Crippen LogP contribution in [0.3, 0.4) is 0 Å². The molecule has 1 aromatic heterocycles. The SMILES string of the molecule is OC1Cc2ccccc2C1c1c[nH]cn1. The molecular formula is C12H12N2O. The summed E-state index contributed by atoms with van der Waals surface area (Å²) in [7, 11) is 0. The van der Waals surface area contributed by atoms with E-state index in [0.29, 0.717) is 0 Å². The first-order chi connectivity index (χ1) is 7.36. The first kappa shape index (κ1) is 8.68. The Morgan fingerprint density at radius 1 is 1.33 bits per heavy atom. The quantitative estimate of drug-likeness (QED) is 0.732. The summed E-state index contributed by atoms with van der Waals surface area (Å²) in [5, 5.41) is 10.0. The van der Waals surface area contributed by atoms with E-state index in [1.165, 1.54) is 11.1 Å². The fourth-order valence-electron chi connectivity index (χ4n) is 2.37. The van der Waals surface area contributed by atoms with E-state index in [1.807, 2.05) is 18.3 Å². The van der Waals surface area contributed by atoms with E-state index in [9.17, 15) is 5.11 Å². The highest BCUT2D eigenvalue weighted by molar-refractivity contribution is 5.41. The Morgan fingerprint density at radius 2 is 2.20 bits per heavy atom. The molecule has 1 aliphatic carbocycles. The van der Waals surface area contributed by atoms with Gasteiger partial charge in [0.05, 0.1) is 24.0 Å². The van der Waals surface area contributed by atoms with Crippen LogP contribution >= 0.6 is 0 Å². The number of hydrogen-bond donors (Lipinski definition) is 2. The minimum Gasteiger partial charge on any atom is -0.392 e. The van der Waals surface area contributed by atoms with Gasteiger partial charge in [-0.25, -0.2) is 4.98 Å². The molecule has 0 saturated carbocycles. The summed E-state index contributed by atoms with van der Waals surface area (Å²) in [6, 6.07) is 8.17. The van der Waals surface area contributed by atoms with Crippen molar-refractivity contribution in [2.45, 2.75) is 18.4 Å². The number of rotatable bonds is 1. The summed E-state index contributed by atoms with van der Waals surface area (Å²) in [5.41, 5.74) is 3.36. The molecule has 3 nitrogen and oxygen atoms in total. The van der Waals surface area contributed by atoms with Gasteiger partial charge in [0.1, 0.15) is 0 Å². The van der Waals surface area contributed by atoms with Gasteiger partial charge in [-0.2, -0.15) is 0 Å². The fraction of sp³-hybridized carbons (Fsp3) is 0.250. The molecule has 2 N–H and O–H groups in total. The standard InChI is InChI=1S/C12H12N2O/c15-11-5-8-3-1-2-4-9(8)12(11)10-6-13-7-14-10/h1-4,6-7,11-12,15H,5H2,(H,13,14).